The number of hydrogen-bond acceptors (Lipinski definition) is 6. The molecule has 2 aromatic heterocycles. The molecule has 29 heavy (non-hydrogen) atoms. The Morgan fingerprint density at radius 1 is 1.31 bits per heavy atom. The average Bonchev–Trinajstić information content (AvgIpc) is 3.36. The third-order valence-electron chi connectivity index (χ3n) is 4.86. The van der Waals surface area contributed by atoms with Crippen LogP contribution in [0.1, 0.15) is 51.9 Å². The highest BCUT2D eigenvalue weighted by Gasteiger charge is 2.20. The van der Waals surface area contributed by atoms with Gasteiger partial charge in [0.2, 0.25) is 0 Å². The number of nitrogens with zero attached hydrogens (tertiary/aromatic N) is 2. The molecule has 1 aliphatic rings. The summed E-state index contributed by atoms with van der Waals surface area (Å²) in [4.78, 5) is 17.8. The highest BCUT2D eigenvalue weighted by Crippen LogP contribution is 2.39. The van der Waals surface area contributed by atoms with Gasteiger partial charge in [0.05, 0.1) is 23.9 Å². The molecule has 0 N–H and O–H groups in total. The van der Waals surface area contributed by atoms with Gasteiger partial charge in [0, 0.05) is 10.4 Å². The minimum Gasteiger partial charge on any atom is -0.462 e. The number of rotatable bonds is 5. The Bertz CT molecular complexity index is 1120. The first-order valence-corrected chi connectivity index (χ1v) is 10.5. The zero-order chi connectivity index (χ0) is 20.2. The second-order valence-corrected chi connectivity index (χ2v) is 7.85. The van der Waals surface area contributed by atoms with Crippen LogP contribution in [0.4, 0.5) is 5.00 Å². The van der Waals surface area contributed by atoms with E-state index in [4.69, 9.17) is 9.15 Å². The Labute approximate surface area is 173 Å². The van der Waals surface area contributed by atoms with Gasteiger partial charge in [-0.1, -0.05) is 12.1 Å². The molecule has 0 bridgehead atoms. The number of ether oxygens (including phenoxy) is 1. The molecule has 0 fully saturated rings. The Morgan fingerprint density at radius 3 is 3.00 bits per heavy atom. The van der Waals surface area contributed by atoms with Crippen molar-refractivity contribution in [3.05, 3.63) is 63.7 Å². The molecule has 0 atom stereocenters. The van der Waals surface area contributed by atoms with E-state index in [2.05, 4.69) is 11.1 Å². The monoisotopic (exact) mass is 404 g/mol. The summed E-state index contributed by atoms with van der Waals surface area (Å²) in [6, 6.07) is 13.1. The molecule has 0 amide bonds. The number of thiophene rings is 1. The number of furan rings is 1. The van der Waals surface area contributed by atoms with E-state index in [-0.39, 0.29) is 5.97 Å². The van der Waals surface area contributed by atoms with Crippen LogP contribution < -0.4 is 0 Å². The first-order chi connectivity index (χ1) is 14.2. The molecule has 0 radical (unpaired) electrons. The molecule has 0 saturated carbocycles. The number of aryl methyl sites for hydroxylation is 1. The molecular formula is C23H20N2O3S. The number of fused-ring (bicyclic) bond motifs is 1. The maximum absolute atomic E-state index is 11.9. The molecule has 2 heterocycles. The zero-order valence-electron chi connectivity index (χ0n) is 16.1. The SMILES string of the molecule is CCOC(=O)c1cccc(-c2ccc(/C=N/c3sc4c(c3C#N)CCCC4)o2)c1. The van der Waals surface area contributed by atoms with E-state index >= 15 is 0 Å². The van der Waals surface area contributed by atoms with E-state index in [1.807, 2.05) is 18.2 Å². The van der Waals surface area contributed by atoms with Crippen LogP contribution in [0.25, 0.3) is 11.3 Å². The number of hydrogen-bond donors (Lipinski definition) is 0. The highest BCUT2D eigenvalue weighted by atomic mass is 32.1. The van der Waals surface area contributed by atoms with Crippen LogP contribution >= 0.6 is 11.3 Å². The Morgan fingerprint density at radius 2 is 2.17 bits per heavy atom. The zero-order valence-corrected chi connectivity index (χ0v) is 16.9. The van der Waals surface area contributed by atoms with E-state index in [0.717, 1.165) is 29.8 Å². The predicted octanol–water partition coefficient (Wildman–Crippen LogP) is 5.69. The van der Waals surface area contributed by atoms with E-state index in [1.165, 1.54) is 16.9 Å². The van der Waals surface area contributed by atoms with Crippen LogP contribution in [0, 0.1) is 11.3 Å². The summed E-state index contributed by atoms with van der Waals surface area (Å²) >= 11 is 1.61. The molecule has 3 aromatic rings. The molecule has 0 aliphatic heterocycles. The first kappa shape index (κ1) is 19.2. The molecule has 5 nitrogen and oxygen atoms in total. The lowest BCUT2D eigenvalue weighted by Crippen LogP contribution is -2.04. The Hall–Kier alpha value is -3.17. The van der Waals surface area contributed by atoms with Crippen molar-refractivity contribution in [3.8, 4) is 17.4 Å². The summed E-state index contributed by atoms with van der Waals surface area (Å²) in [6.07, 6.45) is 5.95. The highest BCUT2D eigenvalue weighted by molar-refractivity contribution is 7.16. The summed E-state index contributed by atoms with van der Waals surface area (Å²) in [5, 5.41) is 10.3. The number of esters is 1. The van der Waals surface area contributed by atoms with Gasteiger partial charge in [0.25, 0.3) is 0 Å². The standard InChI is InChI=1S/C23H20N2O3S/c1-2-27-23(26)16-7-5-6-15(12-16)20-11-10-17(28-20)14-25-22-19(13-24)18-8-3-4-9-21(18)29-22/h5-7,10-12,14H,2-4,8-9H2,1H3/b25-14+. The van der Waals surface area contributed by atoms with Crippen LogP contribution in [0.3, 0.4) is 0 Å². The van der Waals surface area contributed by atoms with Crippen LogP contribution in [0.15, 0.2) is 45.8 Å². The van der Waals surface area contributed by atoms with Gasteiger partial charge in [-0.3, -0.25) is 0 Å². The number of nitriles is 1. The molecule has 146 valence electrons. The molecule has 0 spiro atoms. The summed E-state index contributed by atoms with van der Waals surface area (Å²) < 4.78 is 10.9. The van der Waals surface area contributed by atoms with Gasteiger partial charge in [-0.25, -0.2) is 9.79 Å². The van der Waals surface area contributed by atoms with Crippen LogP contribution in [-0.4, -0.2) is 18.8 Å². The fraction of sp³-hybridized carbons (Fsp3) is 0.261. The van der Waals surface area contributed by atoms with Crippen molar-refractivity contribution in [2.75, 3.05) is 6.61 Å². The van der Waals surface area contributed by atoms with Crippen LogP contribution in [0.2, 0.25) is 0 Å². The van der Waals surface area contributed by atoms with Gasteiger partial charge in [-0.2, -0.15) is 5.26 Å². The minimum atomic E-state index is -0.353. The van der Waals surface area contributed by atoms with Crippen molar-refractivity contribution in [2.24, 2.45) is 4.99 Å². The molecule has 1 aliphatic carbocycles. The Balaban J connectivity index is 1.56. The fourth-order valence-electron chi connectivity index (χ4n) is 3.47. The van der Waals surface area contributed by atoms with Crippen LogP contribution in [-0.2, 0) is 17.6 Å². The van der Waals surface area contributed by atoms with Gasteiger partial charge in [0.15, 0.2) is 0 Å². The first-order valence-electron chi connectivity index (χ1n) is 9.65. The number of aliphatic imine (C=N–C) groups is 1. The maximum Gasteiger partial charge on any atom is 0.338 e. The van der Waals surface area contributed by atoms with Gasteiger partial charge >= 0.3 is 5.97 Å². The summed E-state index contributed by atoms with van der Waals surface area (Å²) in [5.74, 6) is 0.883. The fourth-order valence-corrected chi connectivity index (χ4v) is 4.65. The van der Waals surface area contributed by atoms with Crippen LogP contribution in [0.5, 0.6) is 0 Å². The second-order valence-electron chi connectivity index (χ2n) is 6.76. The van der Waals surface area contributed by atoms with Gasteiger partial charge < -0.3 is 9.15 Å². The smallest absolute Gasteiger partial charge is 0.338 e. The van der Waals surface area contributed by atoms with E-state index in [9.17, 15) is 10.1 Å². The van der Waals surface area contributed by atoms with Crippen molar-refractivity contribution in [2.45, 2.75) is 32.6 Å². The number of carbonyl (C=O) groups is 1. The van der Waals surface area contributed by atoms with E-state index < -0.39 is 0 Å². The molecule has 6 heteroatoms. The largest absolute Gasteiger partial charge is 0.462 e. The van der Waals surface area contributed by atoms with Gasteiger partial charge in [0.1, 0.15) is 22.6 Å². The predicted molar refractivity (Wildman–Crippen MR) is 113 cm³/mol. The molecule has 0 unspecified atom stereocenters. The average molecular weight is 404 g/mol. The minimum absolute atomic E-state index is 0.335. The normalized spacial score (nSPS) is 13.2. The van der Waals surface area contributed by atoms with E-state index in [1.54, 1.807) is 42.7 Å². The summed E-state index contributed by atoms with van der Waals surface area (Å²) in [5.41, 5.74) is 3.15. The summed E-state index contributed by atoms with van der Waals surface area (Å²) in [6.45, 7) is 2.11. The van der Waals surface area contributed by atoms with Crippen molar-refractivity contribution in [1.82, 2.24) is 0 Å². The lowest BCUT2D eigenvalue weighted by atomic mass is 9.96. The Kier molecular flexibility index (Phi) is 5.59. The quantitative estimate of drug-likeness (QED) is 0.405. The van der Waals surface area contributed by atoms with Crippen molar-refractivity contribution in [1.29, 1.82) is 5.26 Å². The number of benzene rings is 1. The van der Waals surface area contributed by atoms with Gasteiger partial charge in [-0.15, -0.1) is 11.3 Å². The van der Waals surface area contributed by atoms with Crippen molar-refractivity contribution < 1.29 is 13.9 Å². The topological polar surface area (TPSA) is 75.6 Å². The molecule has 1 aromatic carbocycles. The van der Waals surface area contributed by atoms with Crippen molar-refractivity contribution >= 4 is 28.5 Å². The van der Waals surface area contributed by atoms with Crippen molar-refractivity contribution in [3.63, 3.8) is 0 Å². The molecule has 0 saturated heterocycles. The van der Waals surface area contributed by atoms with Gasteiger partial charge in [-0.05, 0) is 62.4 Å². The summed E-state index contributed by atoms with van der Waals surface area (Å²) in [7, 11) is 0. The lowest BCUT2D eigenvalue weighted by Gasteiger charge is -2.09. The maximum atomic E-state index is 11.9. The lowest BCUT2D eigenvalue weighted by molar-refractivity contribution is 0.0526. The molecular weight excluding hydrogens is 384 g/mol. The second kappa shape index (κ2) is 8.46. The van der Waals surface area contributed by atoms with E-state index in [0.29, 0.717) is 29.3 Å². The third kappa shape index (κ3) is 4.01. The number of carbonyl (C=O) groups excluding carboxylic acids is 1. The molecule has 4 rings (SSSR count). The third-order valence-corrected chi connectivity index (χ3v) is 6.06.